The molecule has 2 aromatic rings. The first-order chi connectivity index (χ1) is 13.5. The van der Waals surface area contributed by atoms with E-state index < -0.39 is 11.8 Å². The molecule has 3 rings (SSSR count). The molecule has 0 bridgehead atoms. The molecule has 1 heterocycles. The highest BCUT2D eigenvalue weighted by Crippen LogP contribution is 2.25. The van der Waals surface area contributed by atoms with E-state index in [0.29, 0.717) is 5.56 Å². The van der Waals surface area contributed by atoms with E-state index in [9.17, 15) is 14.0 Å². The van der Waals surface area contributed by atoms with Gasteiger partial charge >= 0.3 is 5.97 Å². The first-order valence-electron chi connectivity index (χ1n) is 9.41. The number of carbonyl (C=O) groups is 2. The van der Waals surface area contributed by atoms with Crippen LogP contribution in [0.2, 0.25) is 0 Å². The standard InChI is InChI=1S/C22H25FN2O3/c1-24-12-10-16(11-13-24)21(26)25(19-6-4-3-5-7-19)15-18-9-8-17(14-20(18)23)22(27)28-2/h3-9,14,16H,10-13,15H2,1-2H3. The van der Waals surface area contributed by atoms with Gasteiger partial charge in [-0.05, 0) is 57.2 Å². The number of anilines is 1. The quantitative estimate of drug-likeness (QED) is 0.741. The van der Waals surface area contributed by atoms with E-state index in [1.807, 2.05) is 37.4 Å². The molecule has 0 unspecified atom stereocenters. The lowest BCUT2D eigenvalue weighted by Gasteiger charge is -2.32. The summed E-state index contributed by atoms with van der Waals surface area (Å²) in [6.45, 7) is 1.87. The number of hydrogen-bond acceptors (Lipinski definition) is 4. The average Bonchev–Trinajstić information content (AvgIpc) is 2.73. The van der Waals surface area contributed by atoms with Gasteiger partial charge in [-0.2, -0.15) is 0 Å². The fourth-order valence-corrected chi connectivity index (χ4v) is 3.47. The van der Waals surface area contributed by atoms with Crippen molar-refractivity contribution in [2.45, 2.75) is 19.4 Å². The van der Waals surface area contributed by atoms with Crippen molar-refractivity contribution in [3.05, 3.63) is 65.5 Å². The van der Waals surface area contributed by atoms with Gasteiger partial charge in [-0.15, -0.1) is 0 Å². The van der Waals surface area contributed by atoms with Crippen LogP contribution >= 0.6 is 0 Å². The molecule has 5 nitrogen and oxygen atoms in total. The Morgan fingerprint density at radius 1 is 1.14 bits per heavy atom. The molecule has 1 fully saturated rings. The van der Waals surface area contributed by atoms with Crippen molar-refractivity contribution in [2.24, 2.45) is 5.92 Å². The van der Waals surface area contributed by atoms with Crippen LogP contribution in [0.25, 0.3) is 0 Å². The molecule has 1 amide bonds. The minimum atomic E-state index is -0.590. The number of halogens is 1. The summed E-state index contributed by atoms with van der Waals surface area (Å²) in [5, 5.41) is 0. The normalized spacial score (nSPS) is 15.2. The molecule has 1 aliphatic rings. The molecule has 0 radical (unpaired) electrons. The number of nitrogens with zero attached hydrogens (tertiary/aromatic N) is 2. The van der Waals surface area contributed by atoms with Gasteiger partial charge in [0.15, 0.2) is 0 Å². The maximum absolute atomic E-state index is 14.6. The smallest absolute Gasteiger partial charge is 0.337 e. The number of hydrogen-bond donors (Lipinski definition) is 0. The molecule has 0 atom stereocenters. The van der Waals surface area contributed by atoms with Crippen LogP contribution in [0, 0.1) is 11.7 Å². The molecule has 2 aromatic carbocycles. The second-order valence-electron chi connectivity index (χ2n) is 7.14. The van der Waals surface area contributed by atoms with Crippen LogP contribution in [0.15, 0.2) is 48.5 Å². The van der Waals surface area contributed by atoms with Gasteiger partial charge < -0.3 is 14.5 Å². The van der Waals surface area contributed by atoms with E-state index in [4.69, 9.17) is 0 Å². The second kappa shape index (κ2) is 8.97. The highest BCUT2D eigenvalue weighted by molar-refractivity contribution is 5.95. The van der Waals surface area contributed by atoms with E-state index in [1.54, 1.807) is 11.0 Å². The van der Waals surface area contributed by atoms with E-state index in [2.05, 4.69) is 9.64 Å². The van der Waals surface area contributed by atoms with E-state index in [1.165, 1.54) is 13.2 Å². The van der Waals surface area contributed by atoms with Gasteiger partial charge in [-0.25, -0.2) is 9.18 Å². The van der Waals surface area contributed by atoms with Crippen molar-refractivity contribution in [3.8, 4) is 0 Å². The molecule has 1 aliphatic heterocycles. The van der Waals surface area contributed by atoms with E-state index >= 15 is 0 Å². The molecular formula is C22H25FN2O3. The largest absolute Gasteiger partial charge is 0.465 e. The third kappa shape index (κ3) is 4.57. The van der Waals surface area contributed by atoms with Gasteiger partial charge in [-0.3, -0.25) is 4.79 Å². The van der Waals surface area contributed by atoms with Crippen molar-refractivity contribution < 1.29 is 18.7 Å². The van der Waals surface area contributed by atoms with Crippen LogP contribution in [0.3, 0.4) is 0 Å². The molecule has 0 aliphatic carbocycles. The minimum Gasteiger partial charge on any atom is -0.465 e. The lowest BCUT2D eigenvalue weighted by Crippen LogP contribution is -2.41. The monoisotopic (exact) mass is 384 g/mol. The third-order valence-corrected chi connectivity index (χ3v) is 5.20. The number of para-hydroxylation sites is 1. The minimum absolute atomic E-state index is 0.00995. The summed E-state index contributed by atoms with van der Waals surface area (Å²) in [6, 6.07) is 13.5. The zero-order valence-corrected chi connectivity index (χ0v) is 16.2. The highest BCUT2D eigenvalue weighted by atomic mass is 19.1. The fourth-order valence-electron chi connectivity index (χ4n) is 3.47. The Hall–Kier alpha value is -2.73. The topological polar surface area (TPSA) is 49.9 Å². The molecule has 0 saturated carbocycles. The zero-order valence-electron chi connectivity index (χ0n) is 16.2. The number of piperidine rings is 1. The summed E-state index contributed by atoms with van der Waals surface area (Å²) in [5.74, 6) is -1.18. The van der Waals surface area contributed by atoms with Gasteiger partial charge in [-0.1, -0.05) is 24.3 Å². The summed E-state index contributed by atoms with van der Waals surface area (Å²) in [7, 11) is 3.31. The van der Waals surface area contributed by atoms with Gasteiger partial charge in [0.1, 0.15) is 5.82 Å². The van der Waals surface area contributed by atoms with Crippen molar-refractivity contribution >= 4 is 17.6 Å². The molecule has 28 heavy (non-hydrogen) atoms. The number of amides is 1. The first kappa shape index (κ1) is 20.0. The van der Waals surface area contributed by atoms with Crippen LogP contribution < -0.4 is 4.90 Å². The number of esters is 1. The molecule has 6 heteroatoms. The van der Waals surface area contributed by atoms with Crippen LogP contribution in [0.5, 0.6) is 0 Å². The number of benzene rings is 2. The summed E-state index contributed by atoms with van der Waals surface area (Å²) in [6.07, 6.45) is 1.59. The number of carbonyl (C=O) groups excluding carboxylic acids is 2. The summed E-state index contributed by atoms with van der Waals surface area (Å²) in [4.78, 5) is 28.7. The molecule has 0 aromatic heterocycles. The van der Waals surface area contributed by atoms with Gasteiger partial charge in [0.25, 0.3) is 0 Å². The lowest BCUT2D eigenvalue weighted by atomic mass is 9.95. The predicted octanol–water partition coefficient (Wildman–Crippen LogP) is 3.49. The average molecular weight is 384 g/mol. The third-order valence-electron chi connectivity index (χ3n) is 5.20. The Morgan fingerprint density at radius 2 is 1.82 bits per heavy atom. The first-order valence-corrected chi connectivity index (χ1v) is 9.41. The summed E-state index contributed by atoms with van der Waals surface area (Å²) < 4.78 is 19.3. The van der Waals surface area contributed by atoms with Crippen molar-refractivity contribution in [1.29, 1.82) is 0 Å². The van der Waals surface area contributed by atoms with Crippen molar-refractivity contribution in [2.75, 3.05) is 32.1 Å². The summed E-state index contributed by atoms with van der Waals surface area (Å²) in [5.41, 5.74) is 1.25. The van der Waals surface area contributed by atoms with E-state index in [0.717, 1.165) is 37.7 Å². The van der Waals surface area contributed by atoms with Crippen LogP contribution in [0.1, 0.15) is 28.8 Å². The van der Waals surface area contributed by atoms with E-state index in [-0.39, 0.29) is 23.9 Å². The predicted molar refractivity (Wildman–Crippen MR) is 106 cm³/mol. The van der Waals surface area contributed by atoms with Crippen LogP contribution in [0.4, 0.5) is 10.1 Å². The number of likely N-dealkylation sites (tertiary alicyclic amines) is 1. The van der Waals surface area contributed by atoms with Crippen molar-refractivity contribution in [3.63, 3.8) is 0 Å². The fraction of sp³-hybridized carbons (Fsp3) is 0.364. The SMILES string of the molecule is COC(=O)c1ccc(CN(C(=O)C2CCN(C)CC2)c2ccccc2)c(F)c1. The van der Waals surface area contributed by atoms with Gasteiger partial charge in [0, 0.05) is 17.2 Å². The Kier molecular flexibility index (Phi) is 6.41. The Bertz CT molecular complexity index is 833. The maximum Gasteiger partial charge on any atom is 0.337 e. The Morgan fingerprint density at radius 3 is 2.43 bits per heavy atom. The second-order valence-corrected chi connectivity index (χ2v) is 7.14. The molecule has 148 valence electrons. The number of rotatable bonds is 5. The Labute approximate surface area is 164 Å². The zero-order chi connectivity index (χ0) is 20.1. The Balaban J connectivity index is 1.86. The molecule has 0 spiro atoms. The number of methoxy groups -OCH3 is 1. The molecule has 0 N–H and O–H groups in total. The van der Waals surface area contributed by atoms with Crippen LogP contribution in [-0.4, -0.2) is 44.0 Å². The van der Waals surface area contributed by atoms with Crippen LogP contribution in [-0.2, 0) is 16.1 Å². The summed E-state index contributed by atoms with van der Waals surface area (Å²) >= 11 is 0. The molecule has 1 saturated heterocycles. The lowest BCUT2D eigenvalue weighted by molar-refractivity contribution is -0.123. The molecular weight excluding hydrogens is 359 g/mol. The number of ether oxygens (including phenoxy) is 1. The van der Waals surface area contributed by atoms with Gasteiger partial charge in [0.05, 0.1) is 19.2 Å². The van der Waals surface area contributed by atoms with Gasteiger partial charge in [0.2, 0.25) is 5.91 Å². The van der Waals surface area contributed by atoms with Crippen molar-refractivity contribution in [1.82, 2.24) is 4.90 Å². The maximum atomic E-state index is 14.6. The highest BCUT2D eigenvalue weighted by Gasteiger charge is 2.29.